The number of ether oxygens (including phenoxy) is 3. The number of rotatable bonds is 12. The number of hydrogen-bond acceptors (Lipinski definition) is 6. The third kappa shape index (κ3) is 6.50. The minimum atomic E-state index is -1.44. The van der Waals surface area contributed by atoms with Crippen LogP contribution in [0.1, 0.15) is 108 Å². The van der Waals surface area contributed by atoms with Crippen molar-refractivity contribution in [1.82, 2.24) is 4.90 Å². The number of amides is 3. The Morgan fingerprint density at radius 2 is 1.45 bits per heavy atom. The first-order valence-corrected chi connectivity index (χ1v) is 16.0. The molecule has 4 N–H and O–H groups in total. The Labute approximate surface area is 251 Å². The van der Waals surface area contributed by atoms with E-state index in [1.165, 1.54) is 19.3 Å². The normalized spacial score (nSPS) is 23.5. The Balaban J connectivity index is 1.77. The summed E-state index contributed by atoms with van der Waals surface area (Å²) < 4.78 is 16.9. The largest absolute Gasteiger partial charge is 0.493 e. The van der Waals surface area contributed by atoms with E-state index in [1.54, 1.807) is 26.2 Å². The van der Waals surface area contributed by atoms with E-state index in [2.05, 4.69) is 0 Å². The van der Waals surface area contributed by atoms with E-state index < -0.39 is 29.2 Å². The van der Waals surface area contributed by atoms with Crippen LogP contribution in [-0.4, -0.2) is 56.0 Å². The lowest BCUT2D eigenvalue weighted by molar-refractivity contribution is -0.159. The SMILES string of the molecule is COc1cc([C@@H](C(=O)N2CCCCC2(C(N)=O)[C@H](CCC2CCCCC2)C(N)=O)C2CCCCC2)cc(OC)c1OC. The summed E-state index contributed by atoms with van der Waals surface area (Å²) in [6.45, 7) is 0.364. The average molecular weight is 586 g/mol. The van der Waals surface area contributed by atoms with Crippen LogP contribution in [0.5, 0.6) is 17.2 Å². The fraction of sp³-hybridized carbons (Fsp3) is 0.727. The number of carbonyl (C=O) groups is 3. The van der Waals surface area contributed by atoms with E-state index in [9.17, 15) is 14.4 Å². The highest BCUT2D eigenvalue weighted by atomic mass is 16.5. The van der Waals surface area contributed by atoms with Gasteiger partial charge >= 0.3 is 0 Å². The topological polar surface area (TPSA) is 134 Å². The summed E-state index contributed by atoms with van der Waals surface area (Å²) in [6.07, 6.45) is 13.9. The van der Waals surface area contributed by atoms with Gasteiger partial charge in [0, 0.05) is 6.54 Å². The van der Waals surface area contributed by atoms with Crippen LogP contribution < -0.4 is 25.7 Å². The smallest absolute Gasteiger partial charge is 0.244 e. The Bertz CT molecular complexity index is 1070. The molecule has 0 aromatic heterocycles. The molecule has 1 aromatic rings. The first-order chi connectivity index (χ1) is 20.3. The van der Waals surface area contributed by atoms with Crippen molar-refractivity contribution in [2.24, 2.45) is 29.2 Å². The fourth-order valence-electron chi connectivity index (χ4n) is 8.12. The van der Waals surface area contributed by atoms with E-state index in [0.717, 1.165) is 63.4 Å². The lowest BCUT2D eigenvalue weighted by Crippen LogP contribution is -2.68. The van der Waals surface area contributed by atoms with Crippen molar-refractivity contribution >= 4 is 17.7 Å². The standard InChI is InChI=1S/C33H51N3O6/c1-40-26-20-24(21-27(41-2)29(26)42-3)28(23-14-8-5-9-15-23)31(38)36-19-11-10-18-33(36,32(35)39)25(30(34)37)17-16-22-12-6-4-7-13-22/h20-23,25,28H,4-19H2,1-3H3,(H2,34,37)(H2,35,39)/t25-,28+,33?/m1/s1. The highest BCUT2D eigenvalue weighted by Gasteiger charge is 2.55. The summed E-state index contributed by atoms with van der Waals surface area (Å²) in [5.74, 6) is -0.746. The average Bonchev–Trinajstić information content (AvgIpc) is 3.01. The number of piperidine rings is 1. The molecule has 3 atom stereocenters. The molecule has 0 radical (unpaired) electrons. The minimum absolute atomic E-state index is 0.0656. The van der Waals surface area contributed by atoms with Crippen molar-refractivity contribution in [2.75, 3.05) is 27.9 Å². The highest BCUT2D eigenvalue weighted by Crippen LogP contribution is 2.47. The van der Waals surface area contributed by atoms with Gasteiger partial charge in [-0.1, -0.05) is 51.4 Å². The van der Waals surface area contributed by atoms with Gasteiger partial charge in [-0.2, -0.15) is 0 Å². The Morgan fingerprint density at radius 3 is 1.98 bits per heavy atom. The number of carbonyl (C=O) groups excluding carboxylic acids is 3. The summed E-state index contributed by atoms with van der Waals surface area (Å²) in [6, 6.07) is 3.70. The Kier molecular flexibility index (Phi) is 11.0. The number of likely N-dealkylation sites (tertiary alicyclic amines) is 1. The Hall–Kier alpha value is -2.97. The summed E-state index contributed by atoms with van der Waals surface area (Å²) in [7, 11) is 4.67. The second-order valence-corrected chi connectivity index (χ2v) is 12.6. The zero-order valence-corrected chi connectivity index (χ0v) is 25.8. The second kappa shape index (κ2) is 14.5. The molecule has 234 valence electrons. The van der Waals surface area contributed by atoms with Crippen LogP contribution in [-0.2, 0) is 14.4 Å². The maximum absolute atomic E-state index is 15.0. The molecule has 2 saturated carbocycles. The lowest BCUT2D eigenvalue weighted by atomic mass is 9.69. The second-order valence-electron chi connectivity index (χ2n) is 12.6. The predicted molar refractivity (Wildman–Crippen MR) is 161 cm³/mol. The molecule has 9 nitrogen and oxygen atoms in total. The number of nitrogens with two attached hydrogens (primary N) is 2. The van der Waals surface area contributed by atoms with Gasteiger partial charge in [-0.3, -0.25) is 14.4 Å². The molecular formula is C33H51N3O6. The zero-order chi connectivity index (χ0) is 30.3. The molecule has 0 spiro atoms. The summed E-state index contributed by atoms with van der Waals surface area (Å²) in [5.41, 5.74) is 11.6. The van der Waals surface area contributed by atoms with Gasteiger partial charge in [-0.05, 0) is 74.5 Å². The monoisotopic (exact) mass is 585 g/mol. The first kappa shape index (κ1) is 32.0. The van der Waals surface area contributed by atoms with Gasteiger partial charge in [0.25, 0.3) is 0 Å². The van der Waals surface area contributed by atoms with Gasteiger partial charge < -0.3 is 30.6 Å². The fourth-order valence-corrected chi connectivity index (χ4v) is 8.12. The molecule has 1 aromatic carbocycles. The van der Waals surface area contributed by atoms with Gasteiger partial charge in [0.15, 0.2) is 11.5 Å². The molecule has 9 heteroatoms. The van der Waals surface area contributed by atoms with Crippen molar-refractivity contribution in [2.45, 2.75) is 108 Å². The Morgan fingerprint density at radius 1 is 0.857 bits per heavy atom. The van der Waals surface area contributed by atoms with Crippen LogP contribution in [0.25, 0.3) is 0 Å². The summed E-state index contributed by atoms with van der Waals surface area (Å²) >= 11 is 0. The first-order valence-electron chi connectivity index (χ1n) is 16.0. The molecule has 2 aliphatic carbocycles. The number of hydrogen-bond donors (Lipinski definition) is 2. The molecule has 1 unspecified atom stereocenters. The van der Waals surface area contributed by atoms with Crippen molar-refractivity contribution in [1.29, 1.82) is 0 Å². The minimum Gasteiger partial charge on any atom is -0.493 e. The van der Waals surface area contributed by atoms with Crippen molar-refractivity contribution < 1.29 is 28.6 Å². The molecule has 3 amide bonds. The van der Waals surface area contributed by atoms with Gasteiger partial charge in [-0.25, -0.2) is 0 Å². The van der Waals surface area contributed by atoms with Crippen molar-refractivity contribution in [3.05, 3.63) is 17.7 Å². The summed E-state index contributed by atoms with van der Waals surface area (Å²) in [4.78, 5) is 43.4. The molecule has 1 aliphatic heterocycles. The molecule has 42 heavy (non-hydrogen) atoms. The van der Waals surface area contributed by atoms with E-state index in [0.29, 0.717) is 49.0 Å². The number of methoxy groups -OCH3 is 3. The zero-order valence-electron chi connectivity index (χ0n) is 25.8. The maximum atomic E-state index is 15.0. The molecule has 1 saturated heterocycles. The van der Waals surface area contributed by atoms with Crippen molar-refractivity contribution in [3.8, 4) is 17.2 Å². The van der Waals surface area contributed by atoms with Crippen LogP contribution in [0.2, 0.25) is 0 Å². The molecule has 3 fully saturated rings. The van der Waals surface area contributed by atoms with Gasteiger partial charge in [0.1, 0.15) is 5.54 Å². The number of nitrogens with zero attached hydrogens (tertiary/aromatic N) is 1. The third-order valence-electron chi connectivity index (χ3n) is 10.3. The van der Waals surface area contributed by atoms with Crippen molar-refractivity contribution in [3.63, 3.8) is 0 Å². The van der Waals surface area contributed by atoms with E-state index >= 15 is 0 Å². The predicted octanol–water partition coefficient (Wildman–Crippen LogP) is 5.07. The lowest BCUT2D eigenvalue weighted by Gasteiger charge is -2.50. The van der Waals surface area contributed by atoms with Gasteiger partial charge in [0.2, 0.25) is 23.5 Å². The maximum Gasteiger partial charge on any atom is 0.244 e. The molecule has 3 aliphatic rings. The van der Waals surface area contributed by atoms with Gasteiger partial charge in [-0.15, -0.1) is 0 Å². The molecular weight excluding hydrogens is 534 g/mol. The van der Waals surface area contributed by atoms with Crippen LogP contribution in [0, 0.1) is 17.8 Å². The van der Waals surface area contributed by atoms with Crippen LogP contribution in [0.4, 0.5) is 0 Å². The highest BCUT2D eigenvalue weighted by molar-refractivity contribution is 5.97. The number of primary amides is 2. The number of benzene rings is 1. The van der Waals surface area contributed by atoms with Crippen LogP contribution in [0.15, 0.2) is 12.1 Å². The van der Waals surface area contributed by atoms with Gasteiger partial charge in [0.05, 0.1) is 33.2 Å². The molecule has 4 rings (SSSR count). The third-order valence-corrected chi connectivity index (χ3v) is 10.3. The van der Waals surface area contributed by atoms with Crippen LogP contribution in [0.3, 0.4) is 0 Å². The molecule has 0 bridgehead atoms. The van der Waals surface area contributed by atoms with E-state index in [4.69, 9.17) is 25.7 Å². The van der Waals surface area contributed by atoms with Crippen LogP contribution >= 0.6 is 0 Å². The quantitative estimate of drug-likeness (QED) is 0.352. The van der Waals surface area contributed by atoms with E-state index in [1.807, 2.05) is 12.1 Å². The van der Waals surface area contributed by atoms with E-state index in [-0.39, 0.29) is 11.8 Å². The molecule has 1 heterocycles. The summed E-state index contributed by atoms with van der Waals surface area (Å²) in [5, 5.41) is 0.